The van der Waals surface area contributed by atoms with Gasteiger partial charge in [0.2, 0.25) is 0 Å². The average molecular weight is 283 g/mol. The standard InChI is InChI=1S/C14H19ClN2S/c15-13-9-11(7-8-12(13)14(16)18)17-10-5-3-1-2-4-6-10/h7-10,17H,1-6H2,(H2,16,18). The molecule has 2 nitrogen and oxygen atoms in total. The molecule has 98 valence electrons. The third kappa shape index (κ3) is 3.59. The lowest BCUT2D eigenvalue weighted by Gasteiger charge is -2.18. The smallest absolute Gasteiger partial charge is 0.105 e. The van der Waals surface area contributed by atoms with Gasteiger partial charge in [-0.2, -0.15) is 0 Å². The lowest BCUT2D eigenvalue weighted by Crippen LogP contribution is -2.18. The number of nitrogens with two attached hydrogens (primary N) is 1. The summed E-state index contributed by atoms with van der Waals surface area (Å²) in [7, 11) is 0. The summed E-state index contributed by atoms with van der Waals surface area (Å²) in [5.41, 5.74) is 7.41. The molecule has 0 aliphatic heterocycles. The zero-order valence-corrected chi connectivity index (χ0v) is 12.0. The molecule has 0 spiro atoms. The van der Waals surface area contributed by atoms with Gasteiger partial charge in [-0.1, -0.05) is 49.5 Å². The van der Waals surface area contributed by atoms with Crippen molar-refractivity contribution < 1.29 is 0 Å². The second kappa shape index (κ2) is 6.39. The molecule has 0 unspecified atom stereocenters. The van der Waals surface area contributed by atoms with E-state index in [1.54, 1.807) is 0 Å². The van der Waals surface area contributed by atoms with E-state index in [4.69, 9.17) is 29.6 Å². The summed E-state index contributed by atoms with van der Waals surface area (Å²) in [4.78, 5) is 0.348. The molecule has 1 aromatic carbocycles. The lowest BCUT2D eigenvalue weighted by atomic mass is 10.1. The van der Waals surface area contributed by atoms with E-state index in [9.17, 15) is 0 Å². The van der Waals surface area contributed by atoms with Crippen molar-refractivity contribution in [3.05, 3.63) is 28.8 Å². The summed E-state index contributed by atoms with van der Waals surface area (Å²) in [6, 6.07) is 6.38. The molecule has 0 heterocycles. The first kappa shape index (κ1) is 13.6. The monoisotopic (exact) mass is 282 g/mol. The van der Waals surface area contributed by atoms with Gasteiger partial charge in [0.1, 0.15) is 4.99 Å². The maximum atomic E-state index is 6.17. The normalized spacial score (nSPS) is 17.2. The number of nitrogens with one attached hydrogen (secondary N) is 1. The van der Waals surface area contributed by atoms with E-state index < -0.39 is 0 Å². The van der Waals surface area contributed by atoms with Crippen LogP contribution in [-0.4, -0.2) is 11.0 Å². The number of hydrogen-bond acceptors (Lipinski definition) is 2. The van der Waals surface area contributed by atoms with Crippen molar-refractivity contribution in [1.82, 2.24) is 0 Å². The van der Waals surface area contributed by atoms with Crippen LogP contribution in [-0.2, 0) is 0 Å². The molecule has 1 aliphatic rings. The van der Waals surface area contributed by atoms with E-state index in [2.05, 4.69) is 5.32 Å². The van der Waals surface area contributed by atoms with E-state index in [0.29, 0.717) is 16.1 Å². The van der Waals surface area contributed by atoms with Gasteiger partial charge in [-0.3, -0.25) is 0 Å². The zero-order valence-electron chi connectivity index (χ0n) is 10.4. The Morgan fingerprint density at radius 3 is 2.44 bits per heavy atom. The quantitative estimate of drug-likeness (QED) is 0.647. The van der Waals surface area contributed by atoms with Crippen LogP contribution in [0.5, 0.6) is 0 Å². The Morgan fingerprint density at radius 2 is 1.89 bits per heavy atom. The molecule has 0 radical (unpaired) electrons. The summed E-state index contributed by atoms with van der Waals surface area (Å²) < 4.78 is 0. The molecule has 0 saturated heterocycles. The van der Waals surface area contributed by atoms with Crippen LogP contribution in [0.3, 0.4) is 0 Å². The molecule has 1 aromatic rings. The average Bonchev–Trinajstić information content (AvgIpc) is 2.57. The molecule has 0 atom stereocenters. The van der Waals surface area contributed by atoms with Crippen molar-refractivity contribution >= 4 is 34.5 Å². The minimum absolute atomic E-state index is 0.348. The van der Waals surface area contributed by atoms with Crippen LogP contribution in [0.1, 0.15) is 44.1 Å². The van der Waals surface area contributed by atoms with Gasteiger partial charge >= 0.3 is 0 Å². The maximum Gasteiger partial charge on any atom is 0.105 e. The first-order valence-electron chi connectivity index (χ1n) is 6.52. The van der Waals surface area contributed by atoms with Gasteiger partial charge in [0, 0.05) is 17.3 Å². The van der Waals surface area contributed by atoms with E-state index in [-0.39, 0.29) is 0 Å². The van der Waals surface area contributed by atoms with Gasteiger partial charge in [-0.15, -0.1) is 0 Å². The van der Waals surface area contributed by atoms with Crippen LogP contribution in [0.2, 0.25) is 5.02 Å². The number of anilines is 1. The number of thiocarbonyl (C=S) groups is 1. The Morgan fingerprint density at radius 1 is 1.22 bits per heavy atom. The Labute approximate surface area is 119 Å². The molecule has 1 saturated carbocycles. The molecule has 0 amide bonds. The predicted octanol–water partition coefficient (Wildman–Crippen LogP) is 4.11. The third-order valence-electron chi connectivity index (χ3n) is 3.46. The molecule has 0 aromatic heterocycles. The Kier molecular flexibility index (Phi) is 4.84. The highest BCUT2D eigenvalue weighted by Gasteiger charge is 2.12. The summed E-state index contributed by atoms with van der Waals surface area (Å²) in [6.07, 6.45) is 7.84. The van der Waals surface area contributed by atoms with Crippen molar-refractivity contribution in [2.45, 2.75) is 44.6 Å². The molecule has 0 bridgehead atoms. The fourth-order valence-electron chi connectivity index (χ4n) is 2.46. The number of halogens is 1. The SMILES string of the molecule is NC(=S)c1ccc(NC2CCCCCC2)cc1Cl. The predicted molar refractivity (Wildman–Crippen MR) is 82.5 cm³/mol. The van der Waals surface area contributed by atoms with E-state index in [1.165, 1.54) is 38.5 Å². The topological polar surface area (TPSA) is 38.0 Å². The molecule has 2 rings (SSSR count). The Hall–Kier alpha value is -0.800. The van der Waals surface area contributed by atoms with Gasteiger partial charge in [0.05, 0.1) is 5.02 Å². The van der Waals surface area contributed by atoms with Gasteiger partial charge in [0.25, 0.3) is 0 Å². The molecule has 1 aliphatic carbocycles. The first-order chi connectivity index (χ1) is 8.66. The second-order valence-corrected chi connectivity index (χ2v) is 5.74. The van der Waals surface area contributed by atoms with Gasteiger partial charge < -0.3 is 11.1 Å². The van der Waals surface area contributed by atoms with Crippen molar-refractivity contribution in [2.75, 3.05) is 5.32 Å². The van der Waals surface area contributed by atoms with Gasteiger partial charge in [-0.25, -0.2) is 0 Å². The van der Waals surface area contributed by atoms with Crippen molar-refractivity contribution in [1.29, 1.82) is 0 Å². The highest BCUT2D eigenvalue weighted by Crippen LogP contribution is 2.25. The van der Waals surface area contributed by atoms with Crippen LogP contribution < -0.4 is 11.1 Å². The lowest BCUT2D eigenvalue weighted by molar-refractivity contribution is 0.620. The van der Waals surface area contributed by atoms with Crippen LogP contribution in [0.4, 0.5) is 5.69 Å². The van der Waals surface area contributed by atoms with Crippen molar-refractivity contribution in [2.24, 2.45) is 5.73 Å². The molecule has 18 heavy (non-hydrogen) atoms. The number of rotatable bonds is 3. The minimum atomic E-state index is 0.348. The number of hydrogen-bond donors (Lipinski definition) is 2. The molecular formula is C14H19ClN2S. The molecule has 1 fully saturated rings. The fraction of sp³-hybridized carbons (Fsp3) is 0.500. The van der Waals surface area contributed by atoms with Crippen molar-refractivity contribution in [3.63, 3.8) is 0 Å². The minimum Gasteiger partial charge on any atom is -0.389 e. The first-order valence-corrected chi connectivity index (χ1v) is 7.31. The fourth-order valence-corrected chi connectivity index (χ4v) is 2.98. The van der Waals surface area contributed by atoms with Gasteiger partial charge in [0.15, 0.2) is 0 Å². The molecule has 3 N–H and O–H groups in total. The summed E-state index contributed by atoms with van der Waals surface area (Å²) in [6.45, 7) is 0. The highest BCUT2D eigenvalue weighted by atomic mass is 35.5. The van der Waals surface area contributed by atoms with Crippen molar-refractivity contribution in [3.8, 4) is 0 Å². The summed E-state index contributed by atoms with van der Waals surface area (Å²) in [5, 5.41) is 4.19. The summed E-state index contributed by atoms with van der Waals surface area (Å²) in [5.74, 6) is 0. The van der Waals surface area contributed by atoms with Gasteiger partial charge in [-0.05, 0) is 31.0 Å². The largest absolute Gasteiger partial charge is 0.389 e. The van der Waals surface area contributed by atoms with Crippen LogP contribution in [0.15, 0.2) is 18.2 Å². The van der Waals surface area contributed by atoms with Crippen LogP contribution in [0.25, 0.3) is 0 Å². The maximum absolute atomic E-state index is 6.17. The van der Waals surface area contributed by atoms with E-state index in [1.807, 2.05) is 18.2 Å². The summed E-state index contributed by atoms with van der Waals surface area (Å²) >= 11 is 11.1. The second-order valence-electron chi connectivity index (χ2n) is 4.89. The van der Waals surface area contributed by atoms with E-state index >= 15 is 0 Å². The van der Waals surface area contributed by atoms with Crippen LogP contribution >= 0.6 is 23.8 Å². The number of benzene rings is 1. The third-order valence-corrected chi connectivity index (χ3v) is 3.99. The zero-order chi connectivity index (χ0) is 13.0. The Balaban J connectivity index is 2.05. The molecular weight excluding hydrogens is 264 g/mol. The van der Waals surface area contributed by atoms with Crippen LogP contribution in [0, 0.1) is 0 Å². The van der Waals surface area contributed by atoms with E-state index in [0.717, 1.165) is 11.3 Å². The molecule has 4 heteroatoms. The highest BCUT2D eigenvalue weighted by molar-refractivity contribution is 7.80. The Bertz CT molecular complexity index is 426.